The van der Waals surface area contributed by atoms with Gasteiger partial charge >= 0.3 is 0 Å². The molecule has 2 aromatic rings. The summed E-state index contributed by atoms with van der Waals surface area (Å²) < 4.78 is 0. The first-order valence-corrected chi connectivity index (χ1v) is 6.23. The van der Waals surface area contributed by atoms with Gasteiger partial charge in [-0.1, -0.05) is 12.1 Å². The average molecular weight is 245 g/mol. The largest absolute Gasteiger partial charge is 0.223 e. The minimum absolute atomic E-state index is 0.320. The molecule has 0 spiro atoms. The second-order valence-corrected chi connectivity index (χ2v) is 4.84. The Morgan fingerprint density at radius 3 is 2.71 bits per heavy atom. The maximum absolute atomic E-state index is 5.90. The van der Waals surface area contributed by atoms with Crippen LogP contribution in [-0.2, 0) is 12.8 Å². The van der Waals surface area contributed by atoms with Gasteiger partial charge in [0, 0.05) is 11.3 Å². The first kappa shape index (κ1) is 10.7. The second kappa shape index (κ2) is 4.11. The van der Waals surface area contributed by atoms with Crippen molar-refractivity contribution in [1.29, 1.82) is 0 Å². The molecule has 0 aliphatic heterocycles. The van der Waals surface area contributed by atoms with Crippen molar-refractivity contribution in [3.63, 3.8) is 0 Å². The van der Waals surface area contributed by atoms with E-state index in [0.717, 1.165) is 17.0 Å². The molecule has 0 saturated carbocycles. The summed E-state index contributed by atoms with van der Waals surface area (Å²) in [5.41, 5.74) is 5.89. The smallest absolute Gasteiger partial charge is 0.223 e. The van der Waals surface area contributed by atoms with Crippen LogP contribution in [0.4, 0.5) is 0 Å². The van der Waals surface area contributed by atoms with Crippen molar-refractivity contribution in [2.24, 2.45) is 0 Å². The molecule has 0 atom stereocenters. The van der Waals surface area contributed by atoms with Crippen LogP contribution in [0.15, 0.2) is 24.3 Å². The van der Waals surface area contributed by atoms with Crippen molar-refractivity contribution < 1.29 is 0 Å². The Morgan fingerprint density at radius 2 is 1.88 bits per heavy atom. The van der Waals surface area contributed by atoms with Gasteiger partial charge in [0.2, 0.25) is 5.28 Å². The fraction of sp³-hybridized carbons (Fsp3) is 0.286. The van der Waals surface area contributed by atoms with Gasteiger partial charge in [-0.15, -0.1) is 0 Å². The highest BCUT2D eigenvalue weighted by molar-refractivity contribution is 6.28. The zero-order valence-corrected chi connectivity index (χ0v) is 10.5. The van der Waals surface area contributed by atoms with Gasteiger partial charge in [-0.25, -0.2) is 9.97 Å². The number of benzene rings is 1. The molecule has 0 amide bonds. The van der Waals surface area contributed by atoms with E-state index < -0.39 is 0 Å². The molecule has 17 heavy (non-hydrogen) atoms. The van der Waals surface area contributed by atoms with Crippen molar-refractivity contribution in [3.05, 3.63) is 46.4 Å². The van der Waals surface area contributed by atoms with Crippen LogP contribution in [0.25, 0.3) is 11.3 Å². The van der Waals surface area contributed by atoms with E-state index in [1.165, 1.54) is 30.4 Å². The van der Waals surface area contributed by atoms with Crippen molar-refractivity contribution in [2.45, 2.75) is 26.2 Å². The maximum Gasteiger partial charge on any atom is 0.223 e. The summed E-state index contributed by atoms with van der Waals surface area (Å²) in [6, 6.07) is 8.55. The van der Waals surface area contributed by atoms with Crippen LogP contribution >= 0.6 is 11.6 Å². The van der Waals surface area contributed by atoms with Crippen LogP contribution in [0.1, 0.15) is 23.2 Å². The Kier molecular flexibility index (Phi) is 2.60. The zero-order valence-electron chi connectivity index (χ0n) is 9.70. The van der Waals surface area contributed by atoms with Gasteiger partial charge in [0.25, 0.3) is 0 Å². The molecule has 0 saturated heterocycles. The average Bonchev–Trinajstić information content (AvgIpc) is 2.74. The van der Waals surface area contributed by atoms with E-state index >= 15 is 0 Å². The van der Waals surface area contributed by atoms with Crippen LogP contribution in [-0.4, -0.2) is 9.97 Å². The number of nitrogens with zero attached hydrogens (tertiary/aromatic N) is 2. The van der Waals surface area contributed by atoms with Crippen LogP contribution in [0.2, 0.25) is 5.28 Å². The van der Waals surface area contributed by atoms with Crippen molar-refractivity contribution in [2.75, 3.05) is 0 Å². The summed E-state index contributed by atoms with van der Waals surface area (Å²) >= 11 is 5.90. The molecule has 1 aromatic carbocycles. The number of rotatable bonds is 1. The number of hydrogen-bond acceptors (Lipinski definition) is 2. The lowest BCUT2D eigenvalue weighted by molar-refractivity contribution is 0.912. The normalized spacial score (nSPS) is 13.8. The fourth-order valence-electron chi connectivity index (χ4n) is 2.41. The van der Waals surface area contributed by atoms with E-state index in [-0.39, 0.29) is 0 Å². The molecule has 1 aromatic heterocycles. The van der Waals surface area contributed by atoms with E-state index in [2.05, 4.69) is 28.2 Å². The Balaban J connectivity index is 2.09. The third-order valence-corrected chi connectivity index (χ3v) is 3.39. The molecule has 0 unspecified atom stereocenters. The lowest BCUT2D eigenvalue weighted by atomic mass is 10.0. The Bertz CT molecular complexity index is 558. The summed E-state index contributed by atoms with van der Waals surface area (Å²) in [6.45, 7) is 1.93. The molecule has 3 heteroatoms. The highest BCUT2D eigenvalue weighted by Crippen LogP contribution is 2.27. The molecule has 0 bridgehead atoms. The van der Waals surface area contributed by atoms with Gasteiger partial charge in [0.15, 0.2) is 0 Å². The summed E-state index contributed by atoms with van der Waals surface area (Å²) in [4.78, 5) is 8.37. The zero-order chi connectivity index (χ0) is 11.8. The minimum Gasteiger partial charge on any atom is -0.223 e. The number of aryl methyl sites for hydroxylation is 3. The lowest BCUT2D eigenvalue weighted by Crippen LogP contribution is -1.92. The summed E-state index contributed by atoms with van der Waals surface area (Å²) in [5.74, 6) is 0. The molecule has 0 N–H and O–H groups in total. The molecule has 0 fully saturated rings. The topological polar surface area (TPSA) is 25.8 Å². The number of fused-ring (bicyclic) bond motifs is 1. The van der Waals surface area contributed by atoms with E-state index in [9.17, 15) is 0 Å². The van der Waals surface area contributed by atoms with Gasteiger partial charge in [-0.3, -0.25) is 0 Å². The van der Waals surface area contributed by atoms with Crippen molar-refractivity contribution in [1.82, 2.24) is 9.97 Å². The SMILES string of the molecule is Cc1cc(-c2ccc3c(c2)CCC3)nc(Cl)n1. The molecule has 0 radical (unpaired) electrons. The van der Waals surface area contributed by atoms with Gasteiger partial charge in [-0.05, 0) is 61.0 Å². The molecule has 86 valence electrons. The lowest BCUT2D eigenvalue weighted by Gasteiger charge is -2.05. The number of aromatic nitrogens is 2. The predicted molar refractivity (Wildman–Crippen MR) is 69.2 cm³/mol. The van der Waals surface area contributed by atoms with Crippen LogP contribution in [0, 0.1) is 6.92 Å². The fourth-order valence-corrected chi connectivity index (χ4v) is 2.64. The van der Waals surface area contributed by atoms with Gasteiger partial charge in [-0.2, -0.15) is 0 Å². The van der Waals surface area contributed by atoms with E-state index in [1.807, 2.05) is 13.0 Å². The van der Waals surface area contributed by atoms with E-state index in [4.69, 9.17) is 11.6 Å². The van der Waals surface area contributed by atoms with E-state index in [0.29, 0.717) is 5.28 Å². The van der Waals surface area contributed by atoms with Gasteiger partial charge < -0.3 is 0 Å². The van der Waals surface area contributed by atoms with Crippen LogP contribution in [0.5, 0.6) is 0 Å². The highest BCUT2D eigenvalue weighted by Gasteiger charge is 2.12. The quantitative estimate of drug-likeness (QED) is 0.717. The van der Waals surface area contributed by atoms with Crippen LogP contribution in [0.3, 0.4) is 0 Å². The molecule has 1 aliphatic carbocycles. The van der Waals surface area contributed by atoms with Crippen molar-refractivity contribution >= 4 is 11.6 Å². The third kappa shape index (κ3) is 2.05. The first-order chi connectivity index (χ1) is 8.22. The van der Waals surface area contributed by atoms with Crippen LogP contribution < -0.4 is 0 Å². The second-order valence-electron chi connectivity index (χ2n) is 4.50. The van der Waals surface area contributed by atoms with Gasteiger partial charge in [0.05, 0.1) is 5.69 Å². The summed E-state index contributed by atoms with van der Waals surface area (Å²) in [5, 5.41) is 0.320. The molecule has 1 aliphatic rings. The highest BCUT2D eigenvalue weighted by atomic mass is 35.5. The molecular formula is C14H13ClN2. The Hall–Kier alpha value is -1.41. The monoisotopic (exact) mass is 244 g/mol. The van der Waals surface area contributed by atoms with E-state index in [1.54, 1.807) is 0 Å². The minimum atomic E-state index is 0.320. The number of hydrogen-bond donors (Lipinski definition) is 0. The third-order valence-electron chi connectivity index (χ3n) is 3.22. The summed E-state index contributed by atoms with van der Waals surface area (Å²) in [7, 11) is 0. The Morgan fingerprint density at radius 1 is 1.06 bits per heavy atom. The molecular weight excluding hydrogens is 232 g/mol. The molecule has 3 rings (SSSR count). The first-order valence-electron chi connectivity index (χ1n) is 5.86. The summed E-state index contributed by atoms with van der Waals surface area (Å²) in [6.07, 6.45) is 3.66. The maximum atomic E-state index is 5.90. The Labute approximate surface area is 106 Å². The molecule has 2 nitrogen and oxygen atoms in total. The van der Waals surface area contributed by atoms with Crippen molar-refractivity contribution in [3.8, 4) is 11.3 Å². The molecule has 1 heterocycles. The standard InChI is InChI=1S/C14H13ClN2/c1-9-7-13(17-14(15)16-9)12-6-5-10-3-2-4-11(10)8-12/h5-8H,2-4H2,1H3. The number of halogens is 1. The van der Waals surface area contributed by atoms with Gasteiger partial charge in [0.1, 0.15) is 0 Å². The predicted octanol–water partition coefficient (Wildman–Crippen LogP) is 3.59.